The number of fused-ring (bicyclic) bond motifs is 1. The van der Waals surface area contributed by atoms with Crippen LogP contribution in [-0.4, -0.2) is 46.8 Å². The molecule has 0 atom stereocenters. The number of halogens is 1. The second kappa shape index (κ2) is 10.2. The van der Waals surface area contributed by atoms with Crippen molar-refractivity contribution < 1.29 is 23.8 Å². The average molecular weight is 551 g/mol. The molecule has 3 heterocycles. The zero-order valence-electron chi connectivity index (χ0n) is 22.6. The fraction of sp³-hybridized carbons (Fsp3) is 0.333. The van der Waals surface area contributed by atoms with Gasteiger partial charge >= 0.3 is 0 Å². The van der Waals surface area contributed by atoms with E-state index >= 15 is 0 Å². The van der Waals surface area contributed by atoms with E-state index in [9.17, 15) is 19.1 Å². The van der Waals surface area contributed by atoms with E-state index in [2.05, 4.69) is 0 Å². The summed E-state index contributed by atoms with van der Waals surface area (Å²) in [5, 5.41) is 11.2. The van der Waals surface area contributed by atoms with Crippen LogP contribution in [0.15, 0.2) is 47.4 Å². The van der Waals surface area contributed by atoms with Crippen molar-refractivity contribution in [3.05, 3.63) is 80.3 Å². The lowest BCUT2D eigenvalue weighted by Crippen LogP contribution is -2.40. The van der Waals surface area contributed by atoms with Gasteiger partial charge in [-0.25, -0.2) is 4.39 Å². The predicted octanol–water partition coefficient (Wildman–Crippen LogP) is 5.52. The second-order valence-electron chi connectivity index (χ2n) is 10.5. The number of hydrogen-bond donors (Lipinski definition) is 1. The molecule has 1 aliphatic heterocycles. The summed E-state index contributed by atoms with van der Waals surface area (Å²) in [6.45, 7) is 8.92. The van der Waals surface area contributed by atoms with Gasteiger partial charge in [0.2, 0.25) is 0 Å². The number of aromatic nitrogens is 1. The highest BCUT2D eigenvalue weighted by atomic mass is 32.1. The van der Waals surface area contributed by atoms with Crippen molar-refractivity contribution in [2.45, 2.75) is 33.3 Å². The van der Waals surface area contributed by atoms with E-state index in [1.54, 1.807) is 64.0 Å². The van der Waals surface area contributed by atoms with E-state index < -0.39 is 5.60 Å². The van der Waals surface area contributed by atoms with Crippen LogP contribution in [0.1, 0.15) is 40.2 Å². The average Bonchev–Trinajstić information content (AvgIpc) is 3.34. The highest BCUT2D eigenvalue weighted by Crippen LogP contribution is 2.42. The predicted molar refractivity (Wildman–Crippen MR) is 150 cm³/mol. The van der Waals surface area contributed by atoms with Gasteiger partial charge in [0.15, 0.2) is 0 Å². The summed E-state index contributed by atoms with van der Waals surface area (Å²) in [4.78, 5) is 28.7. The molecule has 39 heavy (non-hydrogen) atoms. The maximum Gasteiger partial charge on any atom is 0.264 e. The minimum atomic E-state index is -1.14. The van der Waals surface area contributed by atoms with Crippen molar-refractivity contribution in [3.8, 4) is 22.6 Å². The molecule has 7 nitrogen and oxygen atoms in total. The van der Waals surface area contributed by atoms with Crippen molar-refractivity contribution in [1.82, 2.24) is 9.47 Å². The fourth-order valence-corrected chi connectivity index (χ4v) is 5.99. The number of amides is 1. The van der Waals surface area contributed by atoms with Gasteiger partial charge in [0.25, 0.3) is 11.5 Å². The van der Waals surface area contributed by atoms with Gasteiger partial charge < -0.3 is 24.0 Å². The molecule has 5 rings (SSSR count). The van der Waals surface area contributed by atoms with E-state index in [1.165, 1.54) is 28.0 Å². The number of carbonyl (C=O) groups is 1. The minimum Gasteiger partial charge on any atom is -0.456 e. The first-order valence-electron chi connectivity index (χ1n) is 12.8. The first-order valence-corrected chi connectivity index (χ1v) is 13.6. The summed E-state index contributed by atoms with van der Waals surface area (Å²) in [5.41, 5.74) is 1.93. The van der Waals surface area contributed by atoms with Crippen LogP contribution in [0, 0.1) is 19.7 Å². The maximum atomic E-state index is 14.0. The maximum absolute atomic E-state index is 14.0. The molecule has 1 N–H and O–H groups in total. The Hall–Kier alpha value is -3.53. The SMILES string of the molecule is Cc1cc(F)cc(C)c1Oc1ccc(C(C)(C)O)cc1-c1cn(C)c(=O)c2cc(C(=O)N3CCOCC3)sc12. The molecule has 204 valence electrons. The van der Waals surface area contributed by atoms with Gasteiger partial charge in [-0.15, -0.1) is 11.3 Å². The number of benzene rings is 2. The third-order valence-corrected chi connectivity index (χ3v) is 8.13. The zero-order valence-corrected chi connectivity index (χ0v) is 23.4. The van der Waals surface area contributed by atoms with Gasteiger partial charge in [0.05, 0.1) is 33.8 Å². The van der Waals surface area contributed by atoms with E-state index in [1.807, 2.05) is 6.07 Å². The van der Waals surface area contributed by atoms with Crippen LogP contribution in [0.4, 0.5) is 4.39 Å². The Morgan fingerprint density at radius 3 is 2.38 bits per heavy atom. The Morgan fingerprint density at radius 1 is 1.08 bits per heavy atom. The van der Waals surface area contributed by atoms with Crippen LogP contribution in [-0.2, 0) is 17.4 Å². The Morgan fingerprint density at radius 2 is 1.74 bits per heavy atom. The molecular formula is C30H31FN2O5S. The van der Waals surface area contributed by atoms with Gasteiger partial charge in [0.1, 0.15) is 17.3 Å². The molecule has 2 aromatic carbocycles. The van der Waals surface area contributed by atoms with Crippen LogP contribution in [0.2, 0.25) is 0 Å². The number of nitrogens with zero attached hydrogens (tertiary/aromatic N) is 2. The molecule has 9 heteroatoms. The second-order valence-corrected chi connectivity index (χ2v) is 11.5. The molecule has 0 radical (unpaired) electrons. The van der Waals surface area contributed by atoms with E-state index in [0.717, 1.165) is 0 Å². The normalized spacial score (nSPS) is 14.2. The smallest absolute Gasteiger partial charge is 0.264 e. The highest BCUT2D eigenvalue weighted by molar-refractivity contribution is 7.21. The Bertz CT molecular complexity index is 1620. The number of aliphatic hydroxyl groups is 1. The van der Waals surface area contributed by atoms with Gasteiger partial charge in [-0.05, 0) is 74.7 Å². The summed E-state index contributed by atoms with van der Waals surface area (Å²) >= 11 is 1.27. The van der Waals surface area contributed by atoms with Crippen LogP contribution >= 0.6 is 11.3 Å². The Kier molecular flexibility index (Phi) is 7.09. The molecule has 2 aromatic heterocycles. The van der Waals surface area contributed by atoms with Gasteiger partial charge in [-0.3, -0.25) is 9.59 Å². The molecule has 1 amide bonds. The monoisotopic (exact) mass is 550 g/mol. The molecule has 4 aromatic rings. The number of aryl methyl sites for hydroxylation is 3. The molecule has 1 aliphatic rings. The molecule has 0 bridgehead atoms. The van der Waals surface area contributed by atoms with E-state index in [4.69, 9.17) is 9.47 Å². The molecule has 0 unspecified atom stereocenters. The number of thiophene rings is 1. The first kappa shape index (κ1) is 27.1. The number of carbonyl (C=O) groups excluding carboxylic acids is 1. The summed E-state index contributed by atoms with van der Waals surface area (Å²) in [6, 6.07) is 9.90. The lowest BCUT2D eigenvalue weighted by Gasteiger charge is -2.26. The first-order chi connectivity index (χ1) is 18.4. The van der Waals surface area contributed by atoms with E-state index in [0.29, 0.717) is 80.6 Å². The van der Waals surface area contributed by atoms with E-state index in [-0.39, 0.29) is 17.3 Å². The number of pyridine rings is 1. The Labute approximate surface area is 230 Å². The molecule has 0 aliphatic carbocycles. The zero-order chi connectivity index (χ0) is 28.1. The van der Waals surface area contributed by atoms with Gasteiger partial charge in [-0.1, -0.05) is 6.07 Å². The number of ether oxygens (including phenoxy) is 2. The largest absolute Gasteiger partial charge is 0.456 e. The van der Waals surface area contributed by atoms with Crippen molar-refractivity contribution >= 4 is 27.3 Å². The van der Waals surface area contributed by atoms with Crippen LogP contribution in [0.3, 0.4) is 0 Å². The lowest BCUT2D eigenvalue weighted by molar-refractivity contribution is 0.0306. The third-order valence-electron chi connectivity index (χ3n) is 6.97. The summed E-state index contributed by atoms with van der Waals surface area (Å²) in [6.07, 6.45) is 1.73. The lowest BCUT2D eigenvalue weighted by atomic mass is 9.93. The number of morpholine rings is 1. The Balaban J connectivity index is 1.71. The topological polar surface area (TPSA) is 81.0 Å². The number of rotatable bonds is 5. The molecule has 0 spiro atoms. The van der Waals surface area contributed by atoms with Gasteiger partial charge in [0, 0.05) is 37.5 Å². The standard InChI is InChI=1S/C30H31FN2O5S/c1-17-12-20(31)13-18(2)26(17)38-24-7-6-19(30(3,4)36)14-21(24)23-16-32(5)28(34)22-15-25(39-27(22)23)29(35)33-8-10-37-11-9-33/h6-7,12-16,36H,8-11H2,1-5H3. The van der Waals surface area contributed by atoms with Crippen molar-refractivity contribution in [2.24, 2.45) is 7.05 Å². The fourth-order valence-electron chi connectivity index (χ4n) is 4.85. The van der Waals surface area contributed by atoms with Crippen LogP contribution < -0.4 is 10.3 Å². The molecule has 1 saturated heterocycles. The summed E-state index contributed by atoms with van der Waals surface area (Å²) < 4.78 is 27.9. The minimum absolute atomic E-state index is 0.133. The number of hydrogen-bond acceptors (Lipinski definition) is 6. The molecule has 0 saturated carbocycles. The summed E-state index contributed by atoms with van der Waals surface area (Å²) in [5.74, 6) is 0.539. The van der Waals surface area contributed by atoms with Crippen molar-refractivity contribution in [3.63, 3.8) is 0 Å². The quantitative estimate of drug-likeness (QED) is 0.354. The van der Waals surface area contributed by atoms with Crippen LogP contribution in [0.25, 0.3) is 21.2 Å². The van der Waals surface area contributed by atoms with Crippen LogP contribution in [0.5, 0.6) is 11.5 Å². The third kappa shape index (κ3) is 5.22. The van der Waals surface area contributed by atoms with Crippen molar-refractivity contribution in [1.29, 1.82) is 0 Å². The summed E-state index contributed by atoms with van der Waals surface area (Å²) in [7, 11) is 1.67. The van der Waals surface area contributed by atoms with Crippen molar-refractivity contribution in [2.75, 3.05) is 26.3 Å². The molecule has 1 fully saturated rings. The highest BCUT2D eigenvalue weighted by Gasteiger charge is 2.25. The molecular weight excluding hydrogens is 519 g/mol. The van der Waals surface area contributed by atoms with Gasteiger partial charge in [-0.2, -0.15) is 0 Å².